The highest BCUT2D eigenvalue weighted by Gasteiger charge is 2.22. The molecule has 6 heteroatoms. The molecule has 0 aliphatic heterocycles. The Labute approximate surface area is 424 Å². The number of furan rings is 1. The number of para-hydroxylation sites is 1. The first kappa shape index (κ1) is 41.7. The lowest BCUT2D eigenvalue weighted by Gasteiger charge is -2.14. The van der Waals surface area contributed by atoms with Crippen molar-refractivity contribution in [1.82, 2.24) is 19.9 Å². The van der Waals surface area contributed by atoms with E-state index in [1.54, 1.807) is 0 Å². The summed E-state index contributed by atoms with van der Waals surface area (Å²) >= 11 is 0. The second-order valence-corrected chi connectivity index (χ2v) is 18.9. The van der Waals surface area contributed by atoms with E-state index in [4.69, 9.17) is 28.8 Å². The monoisotopic (exact) mass is 944 g/mol. The zero-order valence-corrected chi connectivity index (χ0v) is 39.7. The van der Waals surface area contributed by atoms with Gasteiger partial charge in [0.05, 0.1) is 5.39 Å². The summed E-state index contributed by atoms with van der Waals surface area (Å²) in [5.41, 5.74) is 13.3. The second-order valence-electron chi connectivity index (χ2n) is 18.9. The first-order chi connectivity index (χ1) is 36.6. The minimum Gasteiger partial charge on any atom is -0.455 e. The zero-order chi connectivity index (χ0) is 48.7. The van der Waals surface area contributed by atoms with Gasteiger partial charge in [0.1, 0.15) is 16.7 Å². The summed E-state index contributed by atoms with van der Waals surface area (Å²) in [6.45, 7) is 0. The van der Waals surface area contributed by atoms with Crippen molar-refractivity contribution < 1.29 is 8.83 Å². The van der Waals surface area contributed by atoms with Crippen LogP contribution in [0.25, 0.3) is 155 Å². The number of nitrogens with zero attached hydrogens (tertiary/aromatic N) is 4. The molecule has 0 saturated heterocycles. The highest BCUT2D eigenvalue weighted by Crippen LogP contribution is 2.43. The molecule has 0 saturated carbocycles. The van der Waals surface area contributed by atoms with Gasteiger partial charge in [-0.05, 0) is 107 Å². The van der Waals surface area contributed by atoms with E-state index in [0.717, 1.165) is 121 Å². The Balaban J connectivity index is 0.777. The minimum absolute atomic E-state index is 0.586. The van der Waals surface area contributed by atoms with Gasteiger partial charge in [-0.15, -0.1) is 0 Å². The molecule has 3 heterocycles. The fourth-order valence-electron chi connectivity index (χ4n) is 10.9. The maximum Gasteiger partial charge on any atom is 0.227 e. The topological polar surface area (TPSA) is 77.8 Å². The highest BCUT2D eigenvalue weighted by atomic mass is 16.4. The van der Waals surface area contributed by atoms with Crippen LogP contribution in [0.15, 0.2) is 251 Å². The first-order valence-corrected chi connectivity index (χ1v) is 24.8. The number of hydrogen-bond donors (Lipinski definition) is 0. The van der Waals surface area contributed by atoms with Gasteiger partial charge >= 0.3 is 0 Å². The van der Waals surface area contributed by atoms with Crippen LogP contribution in [0.5, 0.6) is 0 Å². The number of hydrogen-bond acceptors (Lipinski definition) is 6. The van der Waals surface area contributed by atoms with Gasteiger partial charge in [0.25, 0.3) is 0 Å². The molecular formula is C68H40N4O2. The molecular weight excluding hydrogens is 905 g/mol. The normalized spacial score (nSPS) is 11.8. The number of oxazole rings is 1. The van der Waals surface area contributed by atoms with E-state index in [-0.39, 0.29) is 0 Å². The van der Waals surface area contributed by atoms with Crippen LogP contribution in [0.4, 0.5) is 0 Å². The molecule has 3 aromatic heterocycles. The quantitative estimate of drug-likeness (QED) is 0.148. The van der Waals surface area contributed by atoms with Gasteiger partial charge in [0.15, 0.2) is 23.1 Å². The summed E-state index contributed by atoms with van der Waals surface area (Å²) in [5.74, 6) is 2.46. The Morgan fingerprint density at radius 2 is 0.689 bits per heavy atom. The van der Waals surface area contributed by atoms with E-state index in [2.05, 4.69) is 194 Å². The molecule has 0 N–H and O–H groups in total. The summed E-state index contributed by atoms with van der Waals surface area (Å²) in [5, 5.41) is 11.2. The van der Waals surface area contributed by atoms with E-state index < -0.39 is 0 Å². The molecule has 344 valence electrons. The lowest BCUT2D eigenvalue weighted by Crippen LogP contribution is -2.01. The van der Waals surface area contributed by atoms with Crippen molar-refractivity contribution in [3.63, 3.8) is 0 Å². The Morgan fingerprint density at radius 3 is 1.24 bits per heavy atom. The van der Waals surface area contributed by atoms with Crippen LogP contribution in [0, 0.1) is 0 Å². The first-order valence-electron chi connectivity index (χ1n) is 24.8. The third kappa shape index (κ3) is 6.88. The van der Waals surface area contributed by atoms with E-state index in [9.17, 15) is 0 Å². The molecule has 0 atom stereocenters. The van der Waals surface area contributed by atoms with Crippen LogP contribution < -0.4 is 0 Å². The molecule has 12 aromatic carbocycles. The average Bonchev–Trinajstić information content (AvgIpc) is 4.10. The molecule has 6 nitrogen and oxygen atoms in total. The molecule has 0 aliphatic carbocycles. The number of benzene rings is 12. The van der Waals surface area contributed by atoms with E-state index >= 15 is 0 Å². The fraction of sp³-hybridized carbons (Fsp3) is 0. The molecule has 0 spiro atoms. The van der Waals surface area contributed by atoms with Crippen LogP contribution in [-0.2, 0) is 0 Å². The maximum atomic E-state index is 6.57. The number of aromatic nitrogens is 4. The largest absolute Gasteiger partial charge is 0.455 e. The average molecular weight is 945 g/mol. The molecule has 15 aromatic rings. The van der Waals surface area contributed by atoms with Crippen molar-refractivity contribution in [3.8, 4) is 79.0 Å². The van der Waals surface area contributed by atoms with E-state index in [1.165, 1.54) is 10.8 Å². The predicted octanol–water partition coefficient (Wildman–Crippen LogP) is 18.2. The van der Waals surface area contributed by atoms with Crippen LogP contribution in [-0.4, -0.2) is 19.9 Å². The molecule has 0 bridgehead atoms. The van der Waals surface area contributed by atoms with Crippen molar-refractivity contribution in [2.24, 2.45) is 0 Å². The molecule has 0 amide bonds. The summed E-state index contributed by atoms with van der Waals surface area (Å²) in [6.07, 6.45) is 0. The standard InChI is InChI=1S/C68H40N4O2/c1-2-14-47(15-3-1)68-69-63-61(74-68)40-57(64-62(63)56-24-12-13-25-60(56)73-64)45-34-30-43(31-35-45)41-26-28-42(29-27-41)44-32-36-46(37-33-44)65-70-66(58-38-48-16-4-6-18-50(48)52-20-8-10-22-54(52)58)72-67(71-65)59-39-49-17-5-7-19-51(49)53-21-9-11-23-55(53)59/h1-40H. The smallest absolute Gasteiger partial charge is 0.227 e. The minimum atomic E-state index is 0.586. The van der Waals surface area contributed by atoms with Gasteiger partial charge < -0.3 is 8.83 Å². The van der Waals surface area contributed by atoms with Gasteiger partial charge in [0, 0.05) is 33.2 Å². The van der Waals surface area contributed by atoms with Crippen LogP contribution in [0.1, 0.15) is 0 Å². The summed E-state index contributed by atoms with van der Waals surface area (Å²) in [6, 6.07) is 84.8. The Hall–Kier alpha value is -10.0. The fourth-order valence-corrected chi connectivity index (χ4v) is 10.9. The lowest BCUT2D eigenvalue weighted by atomic mass is 9.96. The van der Waals surface area contributed by atoms with Crippen molar-refractivity contribution in [2.75, 3.05) is 0 Å². The summed E-state index contributed by atoms with van der Waals surface area (Å²) in [4.78, 5) is 20.9. The van der Waals surface area contributed by atoms with Gasteiger partial charge in [-0.1, -0.05) is 206 Å². The van der Waals surface area contributed by atoms with Gasteiger partial charge in [0.2, 0.25) is 5.89 Å². The van der Waals surface area contributed by atoms with Gasteiger partial charge in [-0.2, -0.15) is 0 Å². The molecule has 0 radical (unpaired) electrons. The Morgan fingerprint density at radius 1 is 0.257 bits per heavy atom. The van der Waals surface area contributed by atoms with Crippen LogP contribution in [0.3, 0.4) is 0 Å². The summed E-state index contributed by atoms with van der Waals surface area (Å²) in [7, 11) is 0. The van der Waals surface area contributed by atoms with Gasteiger partial charge in [-0.3, -0.25) is 0 Å². The SMILES string of the molecule is c1ccc(-c2nc3c(cc(-c4ccc(-c5ccc(-c6ccc(-c7nc(-c8cc9ccccc9c9ccccc89)nc(-c8cc9ccccc9c9ccccc89)n7)cc6)cc5)cc4)c4oc5ccccc5c43)o2)cc1. The predicted molar refractivity (Wildman–Crippen MR) is 303 cm³/mol. The molecule has 0 fully saturated rings. The Kier molecular flexibility index (Phi) is 9.47. The maximum absolute atomic E-state index is 6.57. The second kappa shape index (κ2) is 16.8. The Bertz CT molecular complexity index is 4560. The van der Waals surface area contributed by atoms with E-state index in [0.29, 0.717) is 23.4 Å². The van der Waals surface area contributed by atoms with Crippen molar-refractivity contribution in [3.05, 3.63) is 243 Å². The van der Waals surface area contributed by atoms with Crippen molar-refractivity contribution in [1.29, 1.82) is 0 Å². The molecule has 74 heavy (non-hydrogen) atoms. The molecule has 0 aliphatic rings. The van der Waals surface area contributed by atoms with Crippen LogP contribution >= 0.6 is 0 Å². The number of rotatable bonds is 7. The van der Waals surface area contributed by atoms with Crippen LogP contribution in [0.2, 0.25) is 0 Å². The highest BCUT2D eigenvalue weighted by molar-refractivity contribution is 6.21. The third-order valence-corrected chi connectivity index (χ3v) is 14.6. The number of fused-ring (bicyclic) bond motifs is 11. The lowest BCUT2D eigenvalue weighted by molar-refractivity contribution is 0.619. The summed E-state index contributed by atoms with van der Waals surface area (Å²) < 4.78 is 13.0. The van der Waals surface area contributed by atoms with Crippen molar-refractivity contribution >= 4 is 76.1 Å². The van der Waals surface area contributed by atoms with Gasteiger partial charge in [-0.25, -0.2) is 19.9 Å². The molecule has 15 rings (SSSR count). The third-order valence-electron chi connectivity index (χ3n) is 14.6. The molecule has 0 unspecified atom stereocenters. The zero-order valence-electron chi connectivity index (χ0n) is 39.7. The van der Waals surface area contributed by atoms with Crippen molar-refractivity contribution in [2.45, 2.75) is 0 Å². The van der Waals surface area contributed by atoms with E-state index in [1.807, 2.05) is 48.5 Å².